The van der Waals surface area contributed by atoms with Gasteiger partial charge in [-0.05, 0) is 19.4 Å². The topological polar surface area (TPSA) is 71.4 Å². The third kappa shape index (κ3) is 3.19. The number of carboxylic acids is 1. The molecule has 1 aliphatic rings. The molecule has 0 unspecified atom stereocenters. The first-order valence-corrected chi connectivity index (χ1v) is 6.43. The molecule has 0 saturated carbocycles. The molecule has 19 heavy (non-hydrogen) atoms. The molecular weight excluding hydrogens is 244 g/mol. The summed E-state index contributed by atoms with van der Waals surface area (Å²) in [4.78, 5) is 35.3. The molecule has 0 atom stereocenters. The number of hydrogen-bond donors (Lipinski definition) is 1. The lowest BCUT2D eigenvalue weighted by molar-refractivity contribution is -0.138. The van der Waals surface area contributed by atoms with E-state index in [1.165, 1.54) is 6.08 Å². The molecule has 1 N–H and O–H groups in total. The van der Waals surface area contributed by atoms with Crippen LogP contribution in [0.4, 0.5) is 0 Å². The number of allylic oxidation sites excluding steroid dienone is 4. The van der Waals surface area contributed by atoms with Gasteiger partial charge in [-0.2, -0.15) is 0 Å². The van der Waals surface area contributed by atoms with E-state index < -0.39 is 11.4 Å². The highest BCUT2D eigenvalue weighted by Crippen LogP contribution is 2.38. The van der Waals surface area contributed by atoms with Crippen molar-refractivity contribution in [3.63, 3.8) is 0 Å². The summed E-state index contributed by atoms with van der Waals surface area (Å²) in [6, 6.07) is 0. The minimum Gasteiger partial charge on any atom is -0.481 e. The highest BCUT2D eigenvalue weighted by Gasteiger charge is 2.37. The van der Waals surface area contributed by atoms with Crippen LogP contribution in [0.25, 0.3) is 0 Å². The second kappa shape index (κ2) is 5.51. The van der Waals surface area contributed by atoms with Gasteiger partial charge >= 0.3 is 5.97 Å². The van der Waals surface area contributed by atoms with Crippen LogP contribution in [0.2, 0.25) is 0 Å². The second-order valence-electron chi connectivity index (χ2n) is 5.58. The molecule has 0 heterocycles. The van der Waals surface area contributed by atoms with Gasteiger partial charge in [0.15, 0.2) is 11.6 Å². The first-order valence-electron chi connectivity index (χ1n) is 6.43. The van der Waals surface area contributed by atoms with Crippen molar-refractivity contribution in [1.29, 1.82) is 0 Å². The van der Waals surface area contributed by atoms with Gasteiger partial charge in [0.25, 0.3) is 0 Å². The molecule has 1 rings (SSSR count). The Morgan fingerprint density at radius 3 is 2.37 bits per heavy atom. The Morgan fingerprint density at radius 1 is 1.32 bits per heavy atom. The molecular formula is C15H20O4. The van der Waals surface area contributed by atoms with Gasteiger partial charge < -0.3 is 5.11 Å². The summed E-state index contributed by atoms with van der Waals surface area (Å²) in [6.45, 7) is 6.95. The maximum atomic E-state index is 12.2. The fourth-order valence-electron chi connectivity index (χ4n) is 2.53. The second-order valence-corrected chi connectivity index (χ2v) is 5.58. The summed E-state index contributed by atoms with van der Waals surface area (Å²) in [7, 11) is 0. The van der Waals surface area contributed by atoms with Crippen LogP contribution in [-0.4, -0.2) is 22.6 Å². The average molecular weight is 264 g/mol. The van der Waals surface area contributed by atoms with Gasteiger partial charge in [0.2, 0.25) is 0 Å². The van der Waals surface area contributed by atoms with Crippen molar-refractivity contribution < 1.29 is 19.5 Å². The van der Waals surface area contributed by atoms with Crippen LogP contribution >= 0.6 is 0 Å². The first-order chi connectivity index (χ1) is 8.70. The molecule has 4 heteroatoms. The Balaban J connectivity index is 3.35. The maximum Gasteiger partial charge on any atom is 0.304 e. The van der Waals surface area contributed by atoms with Gasteiger partial charge in [-0.3, -0.25) is 14.4 Å². The summed E-state index contributed by atoms with van der Waals surface area (Å²) in [5, 5.41) is 8.97. The van der Waals surface area contributed by atoms with E-state index in [2.05, 4.69) is 0 Å². The van der Waals surface area contributed by atoms with E-state index in [4.69, 9.17) is 5.11 Å². The Labute approximate surface area is 113 Å². The third-order valence-corrected chi connectivity index (χ3v) is 3.30. The van der Waals surface area contributed by atoms with Crippen molar-refractivity contribution in [2.75, 3.05) is 0 Å². The summed E-state index contributed by atoms with van der Waals surface area (Å²) in [6.07, 6.45) is 2.41. The minimum absolute atomic E-state index is 0.130. The fourth-order valence-corrected chi connectivity index (χ4v) is 2.53. The number of aliphatic carboxylic acids is 1. The number of Topliss-reactive ketones (excluding diaryl/α,β-unsaturated/α-hetero) is 1. The van der Waals surface area contributed by atoms with Crippen LogP contribution in [0, 0.1) is 5.41 Å². The van der Waals surface area contributed by atoms with Crippen molar-refractivity contribution >= 4 is 17.5 Å². The molecule has 0 bridgehead atoms. The molecule has 0 saturated heterocycles. The zero-order chi connectivity index (χ0) is 14.8. The van der Waals surface area contributed by atoms with Crippen LogP contribution in [0.5, 0.6) is 0 Å². The van der Waals surface area contributed by atoms with Gasteiger partial charge in [-0.1, -0.05) is 27.2 Å². The third-order valence-electron chi connectivity index (χ3n) is 3.30. The molecule has 0 spiro atoms. The Morgan fingerprint density at radius 2 is 1.89 bits per heavy atom. The predicted octanol–water partition coefficient (Wildman–Crippen LogP) is 2.68. The SMILES string of the molecule is CCCC1=C(C(C)(C)CC(=O)O)C(=O)C=C(C)C1=O. The number of ketones is 2. The highest BCUT2D eigenvalue weighted by atomic mass is 16.4. The lowest BCUT2D eigenvalue weighted by atomic mass is 9.72. The smallest absolute Gasteiger partial charge is 0.304 e. The average Bonchev–Trinajstić information content (AvgIpc) is 2.23. The maximum absolute atomic E-state index is 12.2. The number of carbonyl (C=O) groups excluding carboxylic acids is 2. The van der Waals surface area contributed by atoms with Crippen LogP contribution in [-0.2, 0) is 14.4 Å². The lowest BCUT2D eigenvalue weighted by Gasteiger charge is -2.29. The van der Waals surface area contributed by atoms with Crippen molar-refractivity contribution in [1.82, 2.24) is 0 Å². The molecule has 0 amide bonds. The van der Waals surface area contributed by atoms with Gasteiger partial charge in [-0.25, -0.2) is 0 Å². The van der Waals surface area contributed by atoms with Gasteiger partial charge in [0.1, 0.15) is 0 Å². The van der Waals surface area contributed by atoms with Crippen molar-refractivity contribution in [2.45, 2.75) is 47.0 Å². The van der Waals surface area contributed by atoms with Crippen LogP contribution in [0.3, 0.4) is 0 Å². The molecule has 0 aliphatic heterocycles. The molecule has 104 valence electrons. The quantitative estimate of drug-likeness (QED) is 0.775. The molecule has 1 aliphatic carbocycles. The standard InChI is InChI=1S/C15H20O4/c1-5-6-10-13(15(3,4)8-12(17)18)11(16)7-9(2)14(10)19/h7H,5-6,8H2,1-4H3,(H,17,18). The summed E-state index contributed by atoms with van der Waals surface area (Å²) in [5.41, 5.74) is 0.453. The van der Waals surface area contributed by atoms with Crippen molar-refractivity contribution in [2.24, 2.45) is 5.41 Å². The van der Waals surface area contributed by atoms with E-state index in [1.54, 1.807) is 20.8 Å². The van der Waals surface area contributed by atoms with E-state index in [1.807, 2.05) is 6.92 Å². The van der Waals surface area contributed by atoms with E-state index in [0.717, 1.165) is 6.42 Å². The zero-order valence-corrected chi connectivity index (χ0v) is 11.9. The molecule has 0 aromatic carbocycles. The highest BCUT2D eigenvalue weighted by molar-refractivity contribution is 6.23. The zero-order valence-electron chi connectivity index (χ0n) is 11.9. The fraction of sp³-hybridized carbons (Fsp3) is 0.533. The summed E-state index contributed by atoms with van der Waals surface area (Å²) in [5.74, 6) is -1.33. The van der Waals surface area contributed by atoms with E-state index >= 15 is 0 Å². The van der Waals surface area contributed by atoms with Crippen LogP contribution in [0.15, 0.2) is 22.8 Å². The number of carboxylic acid groups (broad SMARTS) is 1. The van der Waals surface area contributed by atoms with E-state index in [-0.39, 0.29) is 18.0 Å². The molecule has 4 nitrogen and oxygen atoms in total. The Bertz CT molecular complexity index is 492. The molecule has 0 aromatic rings. The minimum atomic E-state index is -0.972. The normalized spacial score (nSPS) is 16.7. The largest absolute Gasteiger partial charge is 0.481 e. The summed E-state index contributed by atoms with van der Waals surface area (Å²) >= 11 is 0. The van der Waals surface area contributed by atoms with Gasteiger partial charge in [0.05, 0.1) is 6.42 Å². The van der Waals surface area contributed by atoms with Gasteiger partial charge in [0, 0.05) is 22.1 Å². The lowest BCUT2D eigenvalue weighted by Crippen LogP contribution is -2.30. The van der Waals surface area contributed by atoms with Crippen molar-refractivity contribution in [3.8, 4) is 0 Å². The molecule has 0 aromatic heterocycles. The predicted molar refractivity (Wildman–Crippen MR) is 71.7 cm³/mol. The number of hydrogen-bond acceptors (Lipinski definition) is 3. The monoisotopic (exact) mass is 264 g/mol. The van der Waals surface area contributed by atoms with Crippen LogP contribution in [0.1, 0.15) is 47.0 Å². The van der Waals surface area contributed by atoms with Crippen LogP contribution < -0.4 is 0 Å². The van der Waals surface area contributed by atoms with E-state index in [9.17, 15) is 14.4 Å². The number of carbonyl (C=O) groups is 3. The Kier molecular flexibility index (Phi) is 4.45. The molecule has 0 radical (unpaired) electrons. The molecule has 0 fully saturated rings. The van der Waals surface area contributed by atoms with Crippen molar-refractivity contribution in [3.05, 3.63) is 22.8 Å². The summed E-state index contributed by atoms with van der Waals surface area (Å²) < 4.78 is 0. The number of rotatable bonds is 5. The Hall–Kier alpha value is -1.71. The van der Waals surface area contributed by atoms with E-state index in [0.29, 0.717) is 23.1 Å². The first kappa shape index (κ1) is 15.3. The van der Waals surface area contributed by atoms with Gasteiger partial charge in [-0.15, -0.1) is 0 Å².